The van der Waals surface area contributed by atoms with E-state index in [2.05, 4.69) is 4.98 Å². The van der Waals surface area contributed by atoms with Gasteiger partial charge in [0.05, 0.1) is 18.2 Å². The third kappa shape index (κ3) is 2.15. The Morgan fingerprint density at radius 1 is 1.62 bits per heavy atom. The van der Waals surface area contributed by atoms with Crippen LogP contribution in [0.1, 0.15) is 19.5 Å². The number of carbonyl (C=O) groups is 1. The molecule has 86 valence electrons. The number of carbonyl (C=O) groups excluding carboxylic acids is 1. The Morgan fingerprint density at radius 3 is 3.00 bits per heavy atom. The van der Waals surface area contributed by atoms with Gasteiger partial charge in [-0.25, -0.2) is 4.98 Å². The van der Waals surface area contributed by atoms with Crippen molar-refractivity contribution < 1.29 is 4.79 Å². The fourth-order valence-corrected chi connectivity index (χ4v) is 2.25. The summed E-state index contributed by atoms with van der Waals surface area (Å²) in [6.07, 6.45) is 4.15. The highest BCUT2D eigenvalue weighted by Gasteiger charge is 2.18. The topological polar surface area (TPSA) is 60.4 Å². The molecule has 0 aromatic carbocycles. The van der Waals surface area contributed by atoms with Gasteiger partial charge in [0.25, 0.3) is 0 Å². The van der Waals surface area contributed by atoms with Gasteiger partial charge in [0.15, 0.2) is 10.7 Å². The molecule has 1 atom stereocenters. The molecule has 0 aliphatic heterocycles. The minimum atomic E-state index is -0.389. The van der Waals surface area contributed by atoms with Crippen molar-refractivity contribution in [3.8, 4) is 0 Å². The highest BCUT2D eigenvalue weighted by molar-refractivity contribution is 7.15. The predicted octanol–water partition coefficient (Wildman–Crippen LogP) is 1.49. The molecule has 0 aliphatic rings. The first-order chi connectivity index (χ1) is 7.58. The van der Waals surface area contributed by atoms with Crippen molar-refractivity contribution in [2.24, 2.45) is 11.7 Å². The van der Waals surface area contributed by atoms with E-state index in [0.717, 1.165) is 10.7 Å². The van der Waals surface area contributed by atoms with Crippen LogP contribution < -0.4 is 5.73 Å². The summed E-state index contributed by atoms with van der Waals surface area (Å²) in [6, 6.07) is -0.389. The van der Waals surface area contributed by atoms with Crippen LogP contribution >= 0.6 is 11.3 Å². The van der Waals surface area contributed by atoms with E-state index >= 15 is 0 Å². The molecule has 0 saturated heterocycles. The summed E-state index contributed by atoms with van der Waals surface area (Å²) in [5.41, 5.74) is 6.59. The van der Waals surface area contributed by atoms with E-state index in [1.54, 1.807) is 11.3 Å². The van der Waals surface area contributed by atoms with Gasteiger partial charge in [0, 0.05) is 17.8 Å². The van der Waals surface area contributed by atoms with Gasteiger partial charge in [0.1, 0.15) is 0 Å². The van der Waals surface area contributed by atoms with E-state index in [1.807, 2.05) is 36.0 Å². The van der Waals surface area contributed by atoms with Crippen molar-refractivity contribution in [1.29, 1.82) is 0 Å². The van der Waals surface area contributed by atoms with Crippen LogP contribution in [-0.2, 0) is 11.2 Å². The molecule has 0 spiro atoms. The largest absolute Gasteiger partial charge is 0.321 e. The second-order valence-electron chi connectivity index (χ2n) is 4.24. The molecule has 16 heavy (non-hydrogen) atoms. The van der Waals surface area contributed by atoms with E-state index in [1.165, 1.54) is 0 Å². The number of Topliss-reactive ketones (excluding diaryl/α,β-unsaturated/α-hetero) is 1. The fourth-order valence-electron chi connectivity index (χ4n) is 1.53. The summed E-state index contributed by atoms with van der Waals surface area (Å²) < 4.78 is 1.92. The monoisotopic (exact) mass is 237 g/mol. The quantitative estimate of drug-likeness (QED) is 0.876. The van der Waals surface area contributed by atoms with Crippen LogP contribution in [0.2, 0.25) is 0 Å². The molecule has 0 aliphatic carbocycles. The molecule has 0 fully saturated rings. The molecule has 0 bridgehead atoms. The molecule has 4 nitrogen and oxygen atoms in total. The summed E-state index contributed by atoms with van der Waals surface area (Å²) in [7, 11) is 0. The number of thiazole rings is 1. The Bertz CT molecular complexity index is 472. The van der Waals surface area contributed by atoms with E-state index < -0.39 is 0 Å². The zero-order valence-corrected chi connectivity index (χ0v) is 10.2. The average Bonchev–Trinajstić information content (AvgIpc) is 2.76. The number of nitrogens with two attached hydrogens (primary N) is 1. The second kappa shape index (κ2) is 4.35. The highest BCUT2D eigenvalue weighted by atomic mass is 32.1. The van der Waals surface area contributed by atoms with Crippen molar-refractivity contribution in [3.63, 3.8) is 0 Å². The predicted molar refractivity (Wildman–Crippen MR) is 64.6 cm³/mol. The first-order valence-corrected chi connectivity index (χ1v) is 6.15. The SMILES string of the molecule is CC(C)C(N)C(=O)Cc1cn2ccsc2n1. The molecule has 0 saturated carbocycles. The Labute approximate surface area is 98.1 Å². The van der Waals surface area contributed by atoms with E-state index in [0.29, 0.717) is 6.42 Å². The number of aromatic nitrogens is 2. The zero-order valence-electron chi connectivity index (χ0n) is 9.38. The van der Waals surface area contributed by atoms with E-state index in [4.69, 9.17) is 5.73 Å². The van der Waals surface area contributed by atoms with Crippen molar-refractivity contribution >= 4 is 22.1 Å². The Balaban J connectivity index is 2.10. The lowest BCUT2D eigenvalue weighted by Crippen LogP contribution is -2.36. The fraction of sp³-hybridized carbons (Fsp3) is 0.455. The number of fused-ring (bicyclic) bond motifs is 1. The molecule has 5 heteroatoms. The number of hydrogen-bond donors (Lipinski definition) is 1. The molecule has 1 unspecified atom stereocenters. The molecule has 0 amide bonds. The molecule has 2 N–H and O–H groups in total. The lowest BCUT2D eigenvalue weighted by atomic mass is 9.98. The third-order valence-electron chi connectivity index (χ3n) is 2.59. The lowest BCUT2D eigenvalue weighted by molar-refractivity contribution is -0.120. The third-order valence-corrected chi connectivity index (χ3v) is 3.36. The van der Waals surface area contributed by atoms with Crippen LogP contribution in [0, 0.1) is 5.92 Å². The van der Waals surface area contributed by atoms with Crippen molar-refractivity contribution in [3.05, 3.63) is 23.5 Å². The summed E-state index contributed by atoms with van der Waals surface area (Å²) in [5, 5.41) is 1.97. The van der Waals surface area contributed by atoms with Crippen LogP contribution in [0.5, 0.6) is 0 Å². The molecule has 2 heterocycles. The van der Waals surface area contributed by atoms with Crippen molar-refractivity contribution in [1.82, 2.24) is 9.38 Å². The van der Waals surface area contributed by atoms with E-state index in [9.17, 15) is 4.79 Å². The van der Waals surface area contributed by atoms with Crippen LogP contribution in [0.4, 0.5) is 0 Å². The van der Waals surface area contributed by atoms with Crippen LogP contribution in [0.3, 0.4) is 0 Å². The minimum absolute atomic E-state index is 0.0563. The Hall–Kier alpha value is -1.20. The van der Waals surface area contributed by atoms with Crippen molar-refractivity contribution in [2.45, 2.75) is 26.3 Å². The van der Waals surface area contributed by atoms with Crippen LogP contribution in [-0.4, -0.2) is 21.2 Å². The maximum absolute atomic E-state index is 11.8. The van der Waals surface area contributed by atoms with Gasteiger partial charge in [-0.1, -0.05) is 13.8 Å². The van der Waals surface area contributed by atoms with Crippen molar-refractivity contribution in [2.75, 3.05) is 0 Å². The standard InChI is InChI=1S/C11H15N3OS/c1-7(2)10(12)9(15)5-8-6-14-3-4-16-11(14)13-8/h3-4,6-7,10H,5,12H2,1-2H3. The van der Waals surface area contributed by atoms with E-state index in [-0.39, 0.29) is 17.7 Å². The molecular formula is C11H15N3OS. The second-order valence-corrected chi connectivity index (χ2v) is 5.11. The smallest absolute Gasteiger partial charge is 0.193 e. The Morgan fingerprint density at radius 2 is 2.38 bits per heavy atom. The van der Waals surface area contributed by atoms with Crippen LogP contribution in [0.25, 0.3) is 4.96 Å². The number of nitrogens with zero attached hydrogens (tertiary/aromatic N) is 2. The normalized spacial score (nSPS) is 13.5. The van der Waals surface area contributed by atoms with Gasteiger partial charge in [-0.15, -0.1) is 11.3 Å². The highest BCUT2D eigenvalue weighted by Crippen LogP contribution is 2.12. The average molecular weight is 237 g/mol. The minimum Gasteiger partial charge on any atom is -0.321 e. The number of rotatable bonds is 4. The molecule has 2 aromatic heterocycles. The first kappa shape index (κ1) is 11.3. The van der Waals surface area contributed by atoms with Crippen LogP contribution in [0.15, 0.2) is 17.8 Å². The molecular weight excluding hydrogens is 222 g/mol. The summed E-state index contributed by atoms with van der Waals surface area (Å²) in [6.45, 7) is 3.91. The van der Waals surface area contributed by atoms with Gasteiger partial charge in [-0.3, -0.25) is 9.20 Å². The number of ketones is 1. The lowest BCUT2D eigenvalue weighted by Gasteiger charge is -2.12. The van der Waals surface area contributed by atoms with Gasteiger partial charge in [-0.2, -0.15) is 0 Å². The number of imidazole rings is 1. The summed E-state index contributed by atoms with van der Waals surface area (Å²) in [4.78, 5) is 17.1. The maximum Gasteiger partial charge on any atom is 0.193 e. The molecule has 2 rings (SSSR count). The van der Waals surface area contributed by atoms with Gasteiger partial charge in [0.2, 0.25) is 0 Å². The van der Waals surface area contributed by atoms with Gasteiger partial charge in [-0.05, 0) is 5.92 Å². The summed E-state index contributed by atoms with van der Waals surface area (Å²) in [5.74, 6) is 0.233. The molecule has 0 radical (unpaired) electrons. The molecule has 2 aromatic rings. The summed E-state index contributed by atoms with van der Waals surface area (Å²) >= 11 is 1.56. The van der Waals surface area contributed by atoms with Gasteiger partial charge < -0.3 is 5.73 Å². The van der Waals surface area contributed by atoms with Gasteiger partial charge >= 0.3 is 0 Å². The zero-order chi connectivity index (χ0) is 11.7. The Kier molecular flexibility index (Phi) is 3.07. The number of hydrogen-bond acceptors (Lipinski definition) is 4. The maximum atomic E-state index is 11.8. The first-order valence-electron chi connectivity index (χ1n) is 5.27.